The fourth-order valence-corrected chi connectivity index (χ4v) is 1.68. The summed E-state index contributed by atoms with van der Waals surface area (Å²) in [4.78, 5) is 11.9. The molecule has 3 N–H and O–H groups in total. The Morgan fingerprint density at radius 1 is 1.10 bits per heavy atom. The van der Waals surface area contributed by atoms with Gasteiger partial charge in [-0.05, 0) is 29.8 Å². The minimum absolute atomic E-state index is 0.0965. The second kappa shape index (κ2) is 6.26. The highest BCUT2D eigenvalue weighted by Gasteiger charge is 2.09. The van der Waals surface area contributed by atoms with Gasteiger partial charge in [0.15, 0.2) is 0 Å². The van der Waals surface area contributed by atoms with E-state index in [1.54, 1.807) is 36.4 Å². The molecule has 0 unspecified atom stereocenters. The molecule has 0 aliphatic rings. The van der Waals surface area contributed by atoms with Gasteiger partial charge in [-0.2, -0.15) is 5.26 Å². The van der Waals surface area contributed by atoms with Gasteiger partial charge in [0.25, 0.3) is 5.91 Å². The molecule has 0 saturated heterocycles. The maximum Gasteiger partial charge on any atom is 0.273 e. The Morgan fingerprint density at radius 2 is 1.76 bits per heavy atom. The first-order chi connectivity index (χ1) is 10.1. The van der Waals surface area contributed by atoms with Crippen molar-refractivity contribution in [2.24, 2.45) is 0 Å². The number of hydrogen-bond donors (Lipinski definition) is 3. The van der Waals surface area contributed by atoms with E-state index >= 15 is 0 Å². The molecule has 0 atom stereocenters. The highest BCUT2D eigenvalue weighted by Crippen LogP contribution is 2.15. The van der Waals surface area contributed by atoms with E-state index in [2.05, 4.69) is 17.4 Å². The van der Waals surface area contributed by atoms with E-state index in [0.29, 0.717) is 11.3 Å². The Balaban J connectivity index is 1.99. The van der Waals surface area contributed by atoms with Crippen molar-refractivity contribution in [3.63, 3.8) is 0 Å². The topological polar surface area (TPSA) is 85.2 Å². The third-order valence-corrected chi connectivity index (χ3v) is 2.84. The van der Waals surface area contributed by atoms with Crippen LogP contribution in [0.4, 0.5) is 0 Å². The van der Waals surface area contributed by atoms with Crippen molar-refractivity contribution in [1.29, 1.82) is 5.26 Å². The highest BCUT2D eigenvalue weighted by atomic mass is 16.3. The number of amides is 1. The van der Waals surface area contributed by atoms with Crippen molar-refractivity contribution in [2.45, 2.75) is 0 Å². The van der Waals surface area contributed by atoms with Gasteiger partial charge in [0.1, 0.15) is 5.75 Å². The maximum absolute atomic E-state index is 11.9. The number of aromatic hydroxyl groups is 1. The molecular formula is C16H13N3O2. The van der Waals surface area contributed by atoms with Gasteiger partial charge >= 0.3 is 0 Å². The minimum atomic E-state index is -0.470. The summed E-state index contributed by atoms with van der Waals surface area (Å²) in [5, 5.41) is 18.3. The fraction of sp³-hybridized carbons (Fsp3) is 0. The second-order valence-corrected chi connectivity index (χ2v) is 4.26. The summed E-state index contributed by atoms with van der Waals surface area (Å²) in [6, 6.07) is 15.0. The van der Waals surface area contributed by atoms with Crippen LogP contribution in [0, 0.1) is 11.3 Å². The summed E-state index contributed by atoms with van der Waals surface area (Å²) in [6.45, 7) is 3.80. The van der Waals surface area contributed by atoms with E-state index in [-0.39, 0.29) is 11.3 Å². The summed E-state index contributed by atoms with van der Waals surface area (Å²) >= 11 is 0. The van der Waals surface area contributed by atoms with Gasteiger partial charge in [0.2, 0.25) is 0 Å². The number of nitrogens with one attached hydrogen (secondary N) is 2. The van der Waals surface area contributed by atoms with E-state index in [0.717, 1.165) is 5.56 Å². The third kappa shape index (κ3) is 3.39. The van der Waals surface area contributed by atoms with E-state index in [1.165, 1.54) is 12.1 Å². The summed E-state index contributed by atoms with van der Waals surface area (Å²) in [5.41, 5.74) is 7.06. The normalized spacial score (nSPS) is 9.48. The molecule has 0 bridgehead atoms. The number of para-hydroxylation sites is 1. The Morgan fingerprint density at radius 3 is 2.38 bits per heavy atom. The van der Waals surface area contributed by atoms with Crippen LogP contribution in [-0.2, 0) is 0 Å². The van der Waals surface area contributed by atoms with Gasteiger partial charge in [-0.15, -0.1) is 0 Å². The lowest BCUT2D eigenvalue weighted by Gasteiger charge is -2.11. The summed E-state index contributed by atoms with van der Waals surface area (Å²) < 4.78 is 0. The van der Waals surface area contributed by atoms with Crippen molar-refractivity contribution in [2.75, 3.05) is 0 Å². The summed E-state index contributed by atoms with van der Waals surface area (Å²) in [6.07, 6.45) is 0. The van der Waals surface area contributed by atoms with E-state index < -0.39 is 5.91 Å². The summed E-state index contributed by atoms with van der Waals surface area (Å²) in [7, 11) is 0. The van der Waals surface area contributed by atoms with Gasteiger partial charge < -0.3 is 5.11 Å². The van der Waals surface area contributed by atoms with E-state index in [9.17, 15) is 9.90 Å². The molecule has 1 amide bonds. The lowest BCUT2D eigenvalue weighted by Crippen LogP contribution is -2.35. The number of nitrogens with zero attached hydrogens (tertiary/aromatic N) is 1. The monoisotopic (exact) mass is 279 g/mol. The first kappa shape index (κ1) is 14.2. The molecule has 0 radical (unpaired) electrons. The Bertz CT molecular complexity index is 715. The van der Waals surface area contributed by atoms with Gasteiger partial charge in [-0.1, -0.05) is 30.8 Å². The molecule has 0 aromatic heterocycles. The molecule has 0 aliphatic heterocycles. The van der Waals surface area contributed by atoms with Crippen LogP contribution in [0.5, 0.6) is 5.75 Å². The molecule has 104 valence electrons. The molecule has 0 spiro atoms. The number of rotatable bonds is 4. The molecular weight excluding hydrogens is 266 g/mol. The van der Waals surface area contributed by atoms with Crippen LogP contribution < -0.4 is 10.9 Å². The average Bonchev–Trinajstić information content (AvgIpc) is 2.52. The predicted octanol–water partition coefficient (Wildman–Crippen LogP) is 2.17. The Kier molecular flexibility index (Phi) is 4.22. The quantitative estimate of drug-likeness (QED) is 0.749. The average molecular weight is 279 g/mol. The molecule has 2 aromatic carbocycles. The molecule has 0 fully saturated rings. The molecule has 0 heterocycles. The molecule has 2 rings (SSSR count). The lowest BCUT2D eigenvalue weighted by atomic mass is 10.1. The van der Waals surface area contributed by atoms with Crippen LogP contribution in [0.15, 0.2) is 55.1 Å². The highest BCUT2D eigenvalue weighted by molar-refractivity contribution is 5.96. The molecule has 5 heteroatoms. The van der Waals surface area contributed by atoms with Crippen LogP contribution in [-0.4, -0.2) is 11.0 Å². The first-order valence-electron chi connectivity index (χ1n) is 6.15. The number of nitriles is 1. The van der Waals surface area contributed by atoms with Crippen LogP contribution in [0.3, 0.4) is 0 Å². The van der Waals surface area contributed by atoms with Gasteiger partial charge in [-0.3, -0.25) is 15.6 Å². The zero-order valence-corrected chi connectivity index (χ0v) is 11.1. The molecule has 21 heavy (non-hydrogen) atoms. The zero-order chi connectivity index (χ0) is 15.2. The first-order valence-corrected chi connectivity index (χ1v) is 6.15. The number of phenolic OH excluding ortho intramolecular Hbond substituents is 1. The minimum Gasteiger partial charge on any atom is -0.507 e. The van der Waals surface area contributed by atoms with Crippen LogP contribution in [0.1, 0.15) is 21.5 Å². The van der Waals surface area contributed by atoms with E-state index in [4.69, 9.17) is 5.26 Å². The number of hydrazine groups is 1. The van der Waals surface area contributed by atoms with Crippen LogP contribution >= 0.6 is 0 Å². The zero-order valence-electron chi connectivity index (χ0n) is 11.1. The molecule has 2 aromatic rings. The van der Waals surface area contributed by atoms with Gasteiger partial charge in [0.05, 0.1) is 22.9 Å². The van der Waals surface area contributed by atoms with Gasteiger partial charge in [-0.25, -0.2) is 0 Å². The second-order valence-electron chi connectivity index (χ2n) is 4.26. The SMILES string of the molecule is C=C(NNC(=O)c1ccccc1O)c1ccc(C#N)cc1. The van der Waals surface area contributed by atoms with Crippen LogP contribution in [0.25, 0.3) is 5.70 Å². The number of carbonyl (C=O) groups is 1. The van der Waals surface area contributed by atoms with Crippen LogP contribution in [0.2, 0.25) is 0 Å². The van der Waals surface area contributed by atoms with Crippen molar-refractivity contribution in [3.05, 3.63) is 71.8 Å². The largest absolute Gasteiger partial charge is 0.507 e. The molecule has 0 aliphatic carbocycles. The van der Waals surface area contributed by atoms with E-state index in [1.807, 2.05) is 6.07 Å². The molecule has 5 nitrogen and oxygen atoms in total. The smallest absolute Gasteiger partial charge is 0.273 e. The molecule has 0 saturated carbocycles. The third-order valence-electron chi connectivity index (χ3n) is 2.84. The number of benzene rings is 2. The maximum atomic E-state index is 11.9. The number of hydrogen-bond acceptors (Lipinski definition) is 4. The van der Waals surface area contributed by atoms with Crippen molar-refractivity contribution < 1.29 is 9.90 Å². The van der Waals surface area contributed by atoms with Crippen molar-refractivity contribution in [1.82, 2.24) is 10.9 Å². The number of phenols is 1. The summed E-state index contributed by atoms with van der Waals surface area (Å²) in [5.74, 6) is -0.566. The van der Waals surface area contributed by atoms with Crippen molar-refractivity contribution >= 4 is 11.6 Å². The standard InChI is InChI=1S/C16H13N3O2/c1-11(13-8-6-12(10-17)7-9-13)18-19-16(21)14-4-2-3-5-15(14)20/h2-9,18,20H,1H2,(H,19,21). The Labute approximate surface area is 122 Å². The predicted molar refractivity (Wildman–Crippen MR) is 78.9 cm³/mol. The lowest BCUT2D eigenvalue weighted by molar-refractivity contribution is 0.0940. The fourth-order valence-electron chi connectivity index (χ4n) is 1.68. The number of carbonyl (C=O) groups excluding carboxylic acids is 1. The van der Waals surface area contributed by atoms with Gasteiger partial charge in [0, 0.05) is 0 Å². The Hall–Kier alpha value is -3.26. The van der Waals surface area contributed by atoms with Crippen molar-refractivity contribution in [3.8, 4) is 11.8 Å².